The van der Waals surface area contributed by atoms with Gasteiger partial charge in [0.1, 0.15) is 11.5 Å². The van der Waals surface area contributed by atoms with E-state index in [4.69, 9.17) is 0 Å². The molecule has 0 aliphatic heterocycles. The molecule has 1 aromatic heterocycles. The van der Waals surface area contributed by atoms with E-state index >= 15 is 0 Å². The van der Waals surface area contributed by atoms with Gasteiger partial charge in [-0.1, -0.05) is 6.92 Å². The highest BCUT2D eigenvalue weighted by atomic mass is 19.1. The summed E-state index contributed by atoms with van der Waals surface area (Å²) in [7, 11) is 1.74. The number of benzene rings is 1. The monoisotopic (exact) mass is 424 g/mol. The topological polar surface area (TPSA) is 71.3 Å². The number of aryl methyl sites for hydroxylation is 1. The average Bonchev–Trinajstić information content (AvgIpc) is 3.06. The predicted molar refractivity (Wildman–Crippen MR) is 114 cm³/mol. The summed E-state index contributed by atoms with van der Waals surface area (Å²) in [5.74, 6) is 0.460. The van der Waals surface area contributed by atoms with Crippen molar-refractivity contribution in [2.75, 3.05) is 0 Å². The Kier molecular flexibility index (Phi) is 4.81. The summed E-state index contributed by atoms with van der Waals surface area (Å²) in [5, 5.41) is 14.1. The van der Waals surface area contributed by atoms with Crippen LogP contribution in [0.1, 0.15) is 71.1 Å². The fourth-order valence-electron chi connectivity index (χ4n) is 6.64. The lowest BCUT2D eigenvalue weighted by molar-refractivity contribution is -0.137. The fraction of sp³-hybridized carbons (Fsp3) is 0.520. The van der Waals surface area contributed by atoms with Crippen LogP contribution < -0.4 is 5.32 Å². The third kappa shape index (κ3) is 3.41. The highest BCUT2D eigenvalue weighted by Gasteiger charge is 2.55. The van der Waals surface area contributed by atoms with Crippen LogP contribution in [0.5, 0.6) is 0 Å². The Morgan fingerprint density at radius 2 is 1.81 bits per heavy atom. The molecule has 4 bridgehead atoms. The largest absolute Gasteiger partial charge is 0.390 e. The molecule has 5 nitrogen and oxygen atoms in total. The highest BCUT2D eigenvalue weighted by Crippen LogP contribution is 2.55. The smallest absolute Gasteiger partial charge is 0.268 e. The van der Waals surface area contributed by atoms with Gasteiger partial charge in [-0.3, -0.25) is 9.59 Å². The maximum absolute atomic E-state index is 13.4. The van der Waals surface area contributed by atoms with E-state index in [1.165, 1.54) is 24.3 Å². The number of hydrogen-bond donors (Lipinski definition) is 2. The lowest BCUT2D eigenvalue weighted by atomic mass is 9.52. The zero-order valence-electron chi connectivity index (χ0n) is 18.0. The number of halogens is 1. The zero-order chi connectivity index (χ0) is 21.9. The van der Waals surface area contributed by atoms with Gasteiger partial charge in [0.2, 0.25) is 5.78 Å². The van der Waals surface area contributed by atoms with E-state index in [1.807, 2.05) is 6.92 Å². The van der Waals surface area contributed by atoms with Gasteiger partial charge in [0, 0.05) is 18.7 Å². The second-order valence-electron chi connectivity index (χ2n) is 9.85. The summed E-state index contributed by atoms with van der Waals surface area (Å²) in [6.45, 7) is 1.97. The molecule has 4 aliphatic rings. The molecule has 0 saturated heterocycles. The molecule has 2 atom stereocenters. The molecule has 1 aromatic carbocycles. The van der Waals surface area contributed by atoms with Crippen molar-refractivity contribution in [2.45, 2.75) is 57.1 Å². The van der Waals surface area contributed by atoms with Crippen molar-refractivity contribution in [2.24, 2.45) is 24.8 Å². The van der Waals surface area contributed by atoms with Gasteiger partial charge in [0.05, 0.1) is 11.3 Å². The molecular formula is C25H29FN2O3. The van der Waals surface area contributed by atoms with E-state index in [-0.39, 0.29) is 17.7 Å². The van der Waals surface area contributed by atoms with Crippen molar-refractivity contribution >= 4 is 11.7 Å². The second-order valence-corrected chi connectivity index (χ2v) is 9.85. The van der Waals surface area contributed by atoms with Crippen LogP contribution in [0.3, 0.4) is 0 Å². The number of nitrogens with zero attached hydrogens (tertiary/aromatic N) is 1. The molecule has 4 fully saturated rings. The van der Waals surface area contributed by atoms with Crippen LogP contribution in [-0.2, 0) is 13.5 Å². The average molecular weight is 425 g/mol. The summed E-state index contributed by atoms with van der Waals surface area (Å²) < 4.78 is 14.9. The van der Waals surface area contributed by atoms with Gasteiger partial charge in [0.15, 0.2) is 0 Å². The van der Waals surface area contributed by atoms with Crippen molar-refractivity contribution < 1.29 is 19.1 Å². The minimum Gasteiger partial charge on any atom is -0.390 e. The van der Waals surface area contributed by atoms with Crippen molar-refractivity contribution in [3.63, 3.8) is 0 Å². The Hall–Kier alpha value is -2.47. The van der Waals surface area contributed by atoms with E-state index in [2.05, 4.69) is 5.32 Å². The molecular weight excluding hydrogens is 395 g/mol. The third-order valence-corrected chi connectivity index (χ3v) is 7.79. The molecule has 4 aliphatic carbocycles. The number of nitrogens with one attached hydrogen (secondary N) is 1. The van der Waals surface area contributed by atoms with Crippen LogP contribution in [0.15, 0.2) is 30.3 Å². The molecule has 0 radical (unpaired) electrons. The first-order chi connectivity index (χ1) is 14.8. The van der Waals surface area contributed by atoms with E-state index in [1.54, 1.807) is 17.7 Å². The molecule has 1 amide bonds. The molecule has 4 saturated carbocycles. The van der Waals surface area contributed by atoms with Crippen LogP contribution in [0.25, 0.3) is 0 Å². The van der Waals surface area contributed by atoms with Crippen LogP contribution in [0.2, 0.25) is 0 Å². The maximum atomic E-state index is 13.4. The van der Waals surface area contributed by atoms with E-state index in [0.717, 1.165) is 37.7 Å². The summed E-state index contributed by atoms with van der Waals surface area (Å²) in [6, 6.07) is 7.33. The summed E-state index contributed by atoms with van der Waals surface area (Å²) in [6.07, 6.45) is 5.23. The minimum atomic E-state index is -0.536. The number of carbonyl (C=O) groups excluding carboxylic acids is 2. The molecule has 31 heavy (non-hydrogen) atoms. The van der Waals surface area contributed by atoms with Crippen LogP contribution in [-0.4, -0.2) is 33.0 Å². The number of rotatable bonds is 5. The molecule has 1 heterocycles. The van der Waals surface area contributed by atoms with E-state index < -0.39 is 11.4 Å². The third-order valence-electron chi connectivity index (χ3n) is 7.79. The first kappa shape index (κ1) is 20.4. The lowest BCUT2D eigenvalue weighted by Crippen LogP contribution is -2.61. The van der Waals surface area contributed by atoms with Gasteiger partial charge in [-0.25, -0.2) is 4.39 Å². The quantitative estimate of drug-likeness (QED) is 0.720. The lowest BCUT2D eigenvalue weighted by Gasteiger charge is -2.58. The van der Waals surface area contributed by atoms with Gasteiger partial charge in [-0.05, 0) is 92.2 Å². The second kappa shape index (κ2) is 7.30. The molecule has 6 heteroatoms. The van der Waals surface area contributed by atoms with Crippen molar-refractivity contribution in [1.82, 2.24) is 9.88 Å². The Balaban J connectivity index is 1.41. The van der Waals surface area contributed by atoms with E-state index in [9.17, 15) is 19.1 Å². The van der Waals surface area contributed by atoms with Gasteiger partial charge in [0.25, 0.3) is 5.91 Å². The SMILES string of the molecule is CCc1cc(C(=O)c2ccc(F)cc2)n(C)c1C(=O)NC1C2CC3CC1CC(O)(C3)C2. The van der Waals surface area contributed by atoms with E-state index in [0.29, 0.717) is 41.1 Å². The molecule has 6 rings (SSSR count). The molecule has 164 valence electrons. The van der Waals surface area contributed by atoms with Crippen LogP contribution in [0, 0.1) is 23.6 Å². The Bertz CT molecular complexity index is 1030. The standard InChI is InChI=1S/C25H29FN2O3/c1-3-15-10-20(23(29)16-4-6-19(26)7-5-16)28(2)22(15)24(30)27-21-17-8-14-9-18(21)13-25(31,11-14)12-17/h4-7,10,14,17-18,21,31H,3,8-9,11-13H2,1-2H3,(H,27,30). The predicted octanol–water partition coefficient (Wildman–Crippen LogP) is 3.63. The summed E-state index contributed by atoms with van der Waals surface area (Å²) in [5.41, 5.74) is 1.62. The summed E-state index contributed by atoms with van der Waals surface area (Å²) >= 11 is 0. The number of aliphatic hydroxyl groups is 1. The number of carbonyl (C=O) groups is 2. The number of aromatic nitrogens is 1. The Morgan fingerprint density at radius 3 is 2.39 bits per heavy atom. The van der Waals surface area contributed by atoms with Crippen LogP contribution >= 0.6 is 0 Å². The Morgan fingerprint density at radius 1 is 1.16 bits per heavy atom. The van der Waals surface area contributed by atoms with Crippen molar-refractivity contribution in [3.05, 3.63) is 58.7 Å². The number of amides is 1. The number of ketones is 1. The molecule has 0 spiro atoms. The summed E-state index contributed by atoms with van der Waals surface area (Å²) in [4.78, 5) is 26.4. The Labute approximate surface area is 181 Å². The number of hydrogen-bond acceptors (Lipinski definition) is 3. The van der Waals surface area contributed by atoms with Crippen molar-refractivity contribution in [3.8, 4) is 0 Å². The van der Waals surface area contributed by atoms with Gasteiger partial charge in [-0.2, -0.15) is 0 Å². The van der Waals surface area contributed by atoms with Crippen molar-refractivity contribution in [1.29, 1.82) is 0 Å². The first-order valence-corrected chi connectivity index (χ1v) is 11.3. The fourth-order valence-corrected chi connectivity index (χ4v) is 6.64. The van der Waals surface area contributed by atoms with Crippen LogP contribution in [0.4, 0.5) is 4.39 Å². The van der Waals surface area contributed by atoms with Gasteiger partial charge >= 0.3 is 0 Å². The zero-order valence-corrected chi connectivity index (χ0v) is 18.0. The normalized spacial score (nSPS) is 31.1. The maximum Gasteiger partial charge on any atom is 0.268 e. The molecule has 2 N–H and O–H groups in total. The van der Waals surface area contributed by atoms with Gasteiger partial charge in [-0.15, -0.1) is 0 Å². The molecule has 2 aromatic rings. The molecule has 2 unspecified atom stereocenters. The highest BCUT2D eigenvalue weighted by molar-refractivity contribution is 6.09. The van der Waals surface area contributed by atoms with Gasteiger partial charge < -0.3 is 15.0 Å². The minimum absolute atomic E-state index is 0.0835. The first-order valence-electron chi connectivity index (χ1n) is 11.3.